The van der Waals surface area contributed by atoms with Crippen molar-refractivity contribution in [1.29, 1.82) is 0 Å². The number of ether oxygens (including phenoxy) is 1. The van der Waals surface area contributed by atoms with Crippen LogP contribution in [0.5, 0.6) is 0 Å². The van der Waals surface area contributed by atoms with Gasteiger partial charge in [-0.1, -0.05) is 35.9 Å². The number of imide groups is 1. The first-order chi connectivity index (χ1) is 13.0. The molecule has 1 heterocycles. The summed E-state index contributed by atoms with van der Waals surface area (Å²) in [6.07, 6.45) is 1.64. The number of methoxy groups -OCH3 is 1. The van der Waals surface area contributed by atoms with E-state index in [0.29, 0.717) is 21.2 Å². The molecule has 27 heavy (non-hydrogen) atoms. The lowest BCUT2D eigenvalue weighted by molar-refractivity contribution is -0.122. The Balaban J connectivity index is 1.73. The van der Waals surface area contributed by atoms with E-state index in [0.717, 1.165) is 22.2 Å². The molecule has 1 N–H and O–H groups in total. The topological polar surface area (TPSA) is 75.7 Å². The molecule has 0 unspecified atom stereocenters. The van der Waals surface area contributed by atoms with E-state index < -0.39 is 11.9 Å². The van der Waals surface area contributed by atoms with Crippen molar-refractivity contribution in [3.63, 3.8) is 0 Å². The number of rotatable bonds is 5. The maximum atomic E-state index is 12.5. The first-order valence-corrected chi connectivity index (χ1v) is 9.11. The molecule has 8 heteroatoms. The molecule has 6 nitrogen and oxygen atoms in total. The second-order valence-corrected chi connectivity index (χ2v) is 6.96. The van der Waals surface area contributed by atoms with E-state index in [9.17, 15) is 14.4 Å². The second kappa shape index (κ2) is 8.28. The highest BCUT2D eigenvalue weighted by molar-refractivity contribution is 8.18. The Morgan fingerprint density at radius 1 is 1.19 bits per heavy atom. The number of benzene rings is 2. The third-order valence-electron chi connectivity index (χ3n) is 3.80. The minimum Gasteiger partial charge on any atom is -0.465 e. The maximum Gasteiger partial charge on any atom is 0.339 e. The van der Waals surface area contributed by atoms with Crippen LogP contribution < -0.4 is 5.32 Å². The zero-order valence-electron chi connectivity index (χ0n) is 14.3. The number of carbonyl (C=O) groups is 3. The van der Waals surface area contributed by atoms with Crippen molar-refractivity contribution >= 4 is 52.2 Å². The van der Waals surface area contributed by atoms with Crippen LogP contribution in [0.15, 0.2) is 53.4 Å². The van der Waals surface area contributed by atoms with Gasteiger partial charge in [-0.15, -0.1) is 0 Å². The number of halogens is 1. The Labute approximate surface area is 165 Å². The molecule has 0 radical (unpaired) electrons. The number of hydrogen-bond acceptors (Lipinski definition) is 6. The summed E-state index contributed by atoms with van der Waals surface area (Å²) < 4.78 is 4.73. The van der Waals surface area contributed by atoms with Gasteiger partial charge in [0.2, 0.25) is 0 Å². The summed E-state index contributed by atoms with van der Waals surface area (Å²) in [5.74, 6) is -0.905. The molecule has 2 amide bonds. The van der Waals surface area contributed by atoms with Gasteiger partial charge in [-0.25, -0.2) is 4.79 Å². The third kappa shape index (κ3) is 4.32. The number of esters is 1. The Bertz CT molecular complexity index is 928. The number of hydrogen-bond donors (Lipinski definition) is 1. The van der Waals surface area contributed by atoms with Crippen molar-refractivity contribution in [2.45, 2.75) is 0 Å². The molecule has 0 bridgehead atoms. The standard InChI is InChI=1S/C19H15ClN2O4S/c1-26-18(24)14-4-2-3-5-15(14)21-11-22-17(23)16(27-19(22)25)10-12-6-8-13(20)9-7-12/h2-10,21H,11H2,1H3. The predicted molar refractivity (Wildman–Crippen MR) is 106 cm³/mol. The molecular weight excluding hydrogens is 388 g/mol. The van der Waals surface area contributed by atoms with E-state index in [-0.39, 0.29) is 11.9 Å². The van der Waals surface area contributed by atoms with Gasteiger partial charge in [0.15, 0.2) is 0 Å². The third-order valence-corrected chi connectivity index (χ3v) is 4.96. The normalized spacial score (nSPS) is 15.3. The highest BCUT2D eigenvalue weighted by atomic mass is 35.5. The van der Waals surface area contributed by atoms with E-state index in [1.54, 1.807) is 54.6 Å². The average molecular weight is 403 g/mol. The Morgan fingerprint density at radius 2 is 1.89 bits per heavy atom. The first-order valence-electron chi connectivity index (χ1n) is 7.92. The van der Waals surface area contributed by atoms with Crippen molar-refractivity contribution < 1.29 is 19.1 Å². The van der Waals surface area contributed by atoms with Crippen molar-refractivity contribution in [2.24, 2.45) is 0 Å². The van der Waals surface area contributed by atoms with Crippen LogP contribution in [0.25, 0.3) is 6.08 Å². The number of carbonyl (C=O) groups excluding carboxylic acids is 3. The zero-order valence-corrected chi connectivity index (χ0v) is 15.8. The van der Waals surface area contributed by atoms with Crippen molar-refractivity contribution in [1.82, 2.24) is 4.90 Å². The lowest BCUT2D eigenvalue weighted by Gasteiger charge is -2.16. The molecule has 3 rings (SSSR count). The fourth-order valence-electron chi connectivity index (χ4n) is 2.44. The summed E-state index contributed by atoms with van der Waals surface area (Å²) >= 11 is 6.72. The Kier molecular flexibility index (Phi) is 5.83. The SMILES string of the molecule is COC(=O)c1ccccc1NCN1C(=O)SC(=Cc2ccc(Cl)cc2)C1=O. The molecule has 2 aromatic carbocycles. The van der Waals surface area contributed by atoms with Crippen LogP contribution in [0.2, 0.25) is 5.02 Å². The van der Waals surface area contributed by atoms with Crippen LogP contribution in [-0.2, 0) is 9.53 Å². The lowest BCUT2D eigenvalue weighted by atomic mass is 10.2. The molecule has 1 aliphatic rings. The molecule has 138 valence electrons. The molecule has 0 atom stereocenters. The summed E-state index contributed by atoms with van der Waals surface area (Å²) in [5.41, 5.74) is 1.57. The summed E-state index contributed by atoms with van der Waals surface area (Å²) in [5, 5.41) is 3.15. The summed E-state index contributed by atoms with van der Waals surface area (Å²) in [6.45, 7) is -0.0589. The smallest absolute Gasteiger partial charge is 0.339 e. The van der Waals surface area contributed by atoms with Crippen molar-refractivity contribution in [3.8, 4) is 0 Å². The highest BCUT2D eigenvalue weighted by Gasteiger charge is 2.35. The van der Waals surface area contributed by atoms with E-state index >= 15 is 0 Å². The molecule has 2 aromatic rings. The molecule has 1 fully saturated rings. The highest BCUT2D eigenvalue weighted by Crippen LogP contribution is 2.32. The Morgan fingerprint density at radius 3 is 2.59 bits per heavy atom. The summed E-state index contributed by atoms with van der Waals surface area (Å²) in [4.78, 5) is 38.0. The minimum atomic E-state index is -0.505. The van der Waals surface area contributed by atoms with Crippen LogP contribution in [0.3, 0.4) is 0 Å². The number of para-hydroxylation sites is 1. The van der Waals surface area contributed by atoms with Crippen LogP contribution in [0.4, 0.5) is 10.5 Å². The van der Waals surface area contributed by atoms with Gasteiger partial charge in [0.05, 0.1) is 29.9 Å². The molecule has 0 spiro atoms. The van der Waals surface area contributed by atoms with Crippen molar-refractivity contribution in [3.05, 3.63) is 69.6 Å². The van der Waals surface area contributed by atoms with Gasteiger partial charge in [0, 0.05) is 5.02 Å². The van der Waals surface area contributed by atoms with Crippen molar-refractivity contribution in [2.75, 3.05) is 19.1 Å². The van der Waals surface area contributed by atoms with E-state index in [4.69, 9.17) is 16.3 Å². The van der Waals surface area contributed by atoms with E-state index in [1.807, 2.05) is 0 Å². The monoisotopic (exact) mass is 402 g/mol. The number of nitrogens with zero attached hydrogens (tertiary/aromatic N) is 1. The fraction of sp³-hybridized carbons (Fsp3) is 0.105. The minimum absolute atomic E-state index is 0.0589. The maximum absolute atomic E-state index is 12.5. The molecule has 1 saturated heterocycles. The summed E-state index contributed by atoms with van der Waals surface area (Å²) in [7, 11) is 1.29. The van der Waals surface area contributed by atoms with Gasteiger partial charge < -0.3 is 10.1 Å². The summed E-state index contributed by atoms with van der Waals surface area (Å²) in [6, 6.07) is 13.7. The zero-order chi connectivity index (χ0) is 19.4. The number of nitrogens with one attached hydrogen (secondary N) is 1. The average Bonchev–Trinajstić information content (AvgIpc) is 2.94. The fourth-order valence-corrected chi connectivity index (χ4v) is 3.40. The van der Waals surface area contributed by atoms with Crippen LogP contribution in [0, 0.1) is 0 Å². The number of amides is 2. The molecule has 0 saturated carbocycles. The van der Waals surface area contributed by atoms with E-state index in [2.05, 4.69) is 5.32 Å². The van der Waals surface area contributed by atoms with Crippen LogP contribution in [0.1, 0.15) is 15.9 Å². The predicted octanol–water partition coefficient (Wildman–Crippen LogP) is 4.23. The van der Waals surface area contributed by atoms with Gasteiger partial charge in [0.1, 0.15) is 0 Å². The lowest BCUT2D eigenvalue weighted by Crippen LogP contribution is -2.33. The van der Waals surface area contributed by atoms with Gasteiger partial charge in [-0.2, -0.15) is 0 Å². The van der Waals surface area contributed by atoms with Gasteiger partial charge in [-0.05, 0) is 47.7 Å². The van der Waals surface area contributed by atoms with Gasteiger partial charge >= 0.3 is 5.97 Å². The van der Waals surface area contributed by atoms with E-state index in [1.165, 1.54) is 7.11 Å². The molecular formula is C19H15ClN2O4S. The molecule has 0 aromatic heterocycles. The largest absolute Gasteiger partial charge is 0.465 e. The quantitative estimate of drug-likeness (QED) is 0.595. The first kappa shape index (κ1) is 19.0. The Hall–Kier alpha value is -2.77. The number of anilines is 1. The van der Waals surface area contributed by atoms with Gasteiger partial charge in [-0.3, -0.25) is 14.5 Å². The van der Waals surface area contributed by atoms with Gasteiger partial charge in [0.25, 0.3) is 11.1 Å². The number of thioether (sulfide) groups is 1. The second-order valence-electron chi connectivity index (χ2n) is 5.53. The molecule has 0 aliphatic carbocycles. The molecule has 1 aliphatic heterocycles. The van der Waals surface area contributed by atoms with Crippen LogP contribution >= 0.6 is 23.4 Å². The van der Waals surface area contributed by atoms with Crippen LogP contribution in [-0.4, -0.2) is 35.8 Å².